The Kier molecular flexibility index (Phi) is 5.26. The minimum atomic E-state index is -0.0544. The van der Waals surface area contributed by atoms with Crippen molar-refractivity contribution < 1.29 is 14.3 Å². The number of Topliss-reactive ketones (excluding diaryl/α,β-unsaturated/α-hetero) is 1. The van der Waals surface area contributed by atoms with E-state index in [1.54, 1.807) is 26.3 Å². The maximum Gasteiger partial charge on any atom is 0.180 e. The molecule has 2 rings (SSSR count). The molecule has 5 heteroatoms. The Balaban J connectivity index is 2.35. The fourth-order valence-corrected chi connectivity index (χ4v) is 2.69. The molecule has 0 atom stereocenters. The van der Waals surface area contributed by atoms with Crippen LogP contribution in [0.1, 0.15) is 36.0 Å². The first-order valence-corrected chi connectivity index (χ1v) is 7.25. The maximum absolute atomic E-state index is 12.2. The highest BCUT2D eigenvalue weighted by Gasteiger charge is 2.23. The zero-order chi connectivity index (χ0) is 14.5. The minimum absolute atomic E-state index is 0.0544. The SMILES string of the molecule is CNCC(=O)c1cc(Cl)cc(OC)c1OC1CCCC1. The van der Waals surface area contributed by atoms with Gasteiger partial charge in [-0.3, -0.25) is 4.79 Å². The Morgan fingerprint density at radius 3 is 2.70 bits per heavy atom. The summed E-state index contributed by atoms with van der Waals surface area (Å²) in [5, 5.41) is 3.33. The van der Waals surface area contributed by atoms with Gasteiger partial charge in [0.1, 0.15) is 0 Å². The number of likely N-dealkylation sites (N-methyl/N-ethyl adjacent to an activating group) is 1. The van der Waals surface area contributed by atoms with E-state index < -0.39 is 0 Å². The van der Waals surface area contributed by atoms with Gasteiger partial charge >= 0.3 is 0 Å². The van der Waals surface area contributed by atoms with E-state index in [2.05, 4.69) is 5.32 Å². The molecule has 1 aliphatic carbocycles. The van der Waals surface area contributed by atoms with Crippen molar-refractivity contribution in [2.45, 2.75) is 31.8 Å². The summed E-state index contributed by atoms with van der Waals surface area (Å²) < 4.78 is 11.3. The number of halogens is 1. The molecule has 0 amide bonds. The van der Waals surface area contributed by atoms with Gasteiger partial charge in [0.15, 0.2) is 17.3 Å². The predicted molar refractivity (Wildman–Crippen MR) is 79.1 cm³/mol. The topological polar surface area (TPSA) is 47.6 Å². The normalized spacial score (nSPS) is 15.3. The summed E-state index contributed by atoms with van der Waals surface area (Å²) in [4.78, 5) is 12.2. The number of carbonyl (C=O) groups is 1. The number of hydrogen-bond acceptors (Lipinski definition) is 4. The summed E-state index contributed by atoms with van der Waals surface area (Å²) in [5.74, 6) is 0.981. The lowest BCUT2D eigenvalue weighted by molar-refractivity contribution is 0.0985. The van der Waals surface area contributed by atoms with Crippen LogP contribution in [0.15, 0.2) is 12.1 Å². The molecule has 0 radical (unpaired) electrons. The van der Waals surface area contributed by atoms with Crippen molar-refractivity contribution in [3.63, 3.8) is 0 Å². The molecule has 20 heavy (non-hydrogen) atoms. The molecule has 1 N–H and O–H groups in total. The molecule has 4 nitrogen and oxygen atoms in total. The van der Waals surface area contributed by atoms with Gasteiger partial charge in [-0.15, -0.1) is 0 Å². The molecule has 0 spiro atoms. The second-order valence-corrected chi connectivity index (χ2v) is 5.40. The Labute approximate surface area is 124 Å². The molecule has 1 aliphatic rings. The van der Waals surface area contributed by atoms with Gasteiger partial charge in [0.2, 0.25) is 0 Å². The molecular formula is C15H20ClNO3. The second kappa shape index (κ2) is 6.95. The number of ether oxygens (including phenoxy) is 2. The largest absolute Gasteiger partial charge is 0.493 e. The Bertz CT molecular complexity index is 484. The lowest BCUT2D eigenvalue weighted by Crippen LogP contribution is -2.21. The average molecular weight is 298 g/mol. The van der Waals surface area contributed by atoms with Gasteiger partial charge in [0, 0.05) is 11.1 Å². The zero-order valence-corrected chi connectivity index (χ0v) is 12.6. The van der Waals surface area contributed by atoms with Crippen LogP contribution in [0.25, 0.3) is 0 Å². The van der Waals surface area contributed by atoms with Crippen LogP contribution in [0.2, 0.25) is 5.02 Å². The minimum Gasteiger partial charge on any atom is -0.493 e. The molecule has 0 bridgehead atoms. The third-order valence-electron chi connectivity index (χ3n) is 3.46. The van der Waals surface area contributed by atoms with Gasteiger partial charge in [-0.25, -0.2) is 0 Å². The molecule has 0 aliphatic heterocycles. The first-order valence-electron chi connectivity index (χ1n) is 6.87. The van der Waals surface area contributed by atoms with Crippen LogP contribution >= 0.6 is 11.6 Å². The van der Waals surface area contributed by atoms with Crippen LogP contribution in [0, 0.1) is 0 Å². The highest BCUT2D eigenvalue weighted by atomic mass is 35.5. The average Bonchev–Trinajstić information content (AvgIpc) is 2.93. The number of ketones is 1. The first-order chi connectivity index (χ1) is 9.65. The van der Waals surface area contributed by atoms with Crippen molar-refractivity contribution in [1.82, 2.24) is 5.32 Å². The van der Waals surface area contributed by atoms with E-state index in [4.69, 9.17) is 21.1 Å². The standard InChI is InChI=1S/C15H20ClNO3/c1-17-9-13(18)12-7-10(16)8-14(19-2)15(12)20-11-5-3-4-6-11/h7-8,11,17H,3-6,9H2,1-2H3. The van der Waals surface area contributed by atoms with Crippen molar-refractivity contribution in [2.24, 2.45) is 0 Å². The van der Waals surface area contributed by atoms with Crippen molar-refractivity contribution in [3.8, 4) is 11.5 Å². The third kappa shape index (κ3) is 3.44. The number of rotatable bonds is 6. The number of methoxy groups -OCH3 is 1. The summed E-state index contributed by atoms with van der Waals surface area (Å²) >= 11 is 6.05. The Morgan fingerprint density at radius 1 is 1.40 bits per heavy atom. The fraction of sp³-hybridized carbons (Fsp3) is 0.533. The summed E-state index contributed by atoms with van der Waals surface area (Å²) in [7, 11) is 3.29. The van der Waals surface area contributed by atoms with E-state index in [1.165, 1.54) is 12.8 Å². The quantitative estimate of drug-likeness (QED) is 0.820. The number of nitrogens with one attached hydrogen (secondary N) is 1. The monoisotopic (exact) mass is 297 g/mol. The first kappa shape index (κ1) is 15.1. The van der Waals surface area contributed by atoms with Crippen LogP contribution in [0.5, 0.6) is 11.5 Å². The van der Waals surface area contributed by atoms with E-state index in [1.807, 2.05) is 0 Å². The number of carbonyl (C=O) groups excluding carboxylic acids is 1. The molecule has 1 saturated carbocycles. The summed E-state index contributed by atoms with van der Waals surface area (Å²) in [6.07, 6.45) is 4.53. The van der Waals surface area contributed by atoms with E-state index in [0.29, 0.717) is 22.1 Å². The molecular weight excluding hydrogens is 278 g/mol. The molecule has 0 saturated heterocycles. The van der Waals surface area contributed by atoms with E-state index in [0.717, 1.165) is 12.8 Å². The highest BCUT2D eigenvalue weighted by Crippen LogP contribution is 2.37. The lowest BCUT2D eigenvalue weighted by Gasteiger charge is -2.19. The maximum atomic E-state index is 12.2. The lowest BCUT2D eigenvalue weighted by atomic mass is 10.1. The van der Waals surface area contributed by atoms with Crippen LogP contribution in [-0.4, -0.2) is 32.6 Å². The zero-order valence-electron chi connectivity index (χ0n) is 11.9. The fourth-order valence-electron chi connectivity index (χ4n) is 2.48. The van der Waals surface area contributed by atoms with Crippen LogP contribution in [-0.2, 0) is 0 Å². The van der Waals surface area contributed by atoms with Crippen molar-refractivity contribution in [2.75, 3.05) is 20.7 Å². The molecule has 1 fully saturated rings. The highest BCUT2D eigenvalue weighted by molar-refractivity contribution is 6.31. The van der Waals surface area contributed by atoms with Crippen molar-refractivity contribution in [1.29, 1.82) is 0 Å². The summed E-state index contributed by atoms with van der Waals surface area (Å²) in [6, 6.07) is 3.33. The van der Waals surface area contributed by atoms with E-state index in [-0.39, 0.29) is 18.4 Å². The number of hydrogen-bond donors (Lipinski definition) is 1. The Morgan fingerprint density at radius 2 is 2.10 bits per heavy atom. The van der Waals surface area contributed by atoms with Crippen molar-refractivity contribution in [3.05, 3.63) is 22.7 Å². The molecule has 0 unspecified atom stereocenters. The van der Waals surface area contributed by atoms with Gasteiger partial charge in [-0.05, 0) is 38.8 Å². The van der Waals surface area contributed by atoms with Gasteiger partial charge in [0.25, 0.3) is 0 Å². The predicted octanol–water partition coefficient (Wildman–Crippen LogP) is 3.07. The van der Waals surface area contributed by atoms with Crippen LogP contribution in [0.3, 0.4) is 0 Å². The summed E-state index contributed by atoms with van der Waals surface area (Å²) in [5.41, 5.74) is 0.482. The van der Waals surface area contributed by atoms with Crippen molar-refractivity contribution >= 4 is 17.4 Å². The third-order valence-corrected chi connectivity index (χ3v) is 3.68. The van der Waals surface area contributed by atoms with Gasteiger partial charge < -0.3 is 14.8 Å². The number of benzene rings is 1. The molecule has 0 aromatic heterocycles. The van der Waals surface area contributed by atoms with E-state index in [9.17, 15) is 4.79 Å². The second-order valence-electron chi connectivity index (χ2n) is 4.96. The van der Waals surface area contributed by atoms with Crippen LogP contribution < -0.4 is 14.8 Å². The molecule has 1 aromatic carbocycles. The molecule has 110 valence electrons. The Hall–Kier alpha value is -1.26. The summed E-state index contributed by atoms with van der Waals surface area (Å²) in [6.45, 7) is 0.241. The van der Waals surface area contributed by atoms with E-state index >= 15 is 0 Å². The van der Waals surface area contributed by atoms with Gasteiger partial charge in [0.05, 0.1) is 25.3 Å². The van der Waals surface area contributed by atoms with Crippen LogP contribution in [0.4, 0.5) is 0 Å². The van der Waals surface area contributed by atoms with Gasteiger partial charge in [-0.2, -0.15) is 0 Å². The smallest absolute Gasteiger partial charge is 0.180 e. The molecule has 1 aromatic rings. The van der Waals surface area contributed by atoms with Gasteiger partial charge in [-0.1, -0.05) is 11.6 Å². The molecule has 0 heterocycles.